The topological polar surface area (TPSA) is 16.4 Å². The first-order chi connectivity index (χ1) is 27.2. The van der Waals surface area contributed by atoms with Gasteiger partial charge in [0, 0.05) is 37.6 Å². The van der Waals surface area contributed by atoms with Gasteiger partial charge in [0.2, 0.25) is 0 Å². The standard InChI is InChI=1S/C52H33NOS/c1-2-12-34(13-3-1)39-31-40(43-18-11-22-49-51(43)46-17-6-8-21-48(46)54-49)33-42(32-39)53(47-20-10-19-45-44-16-7-9-23-50(44)55-52(45)47)41-28-26-36(27-29-41)38-25-24-35-14-4-5-15-37(35)30-38/h1-33H. The van der Waals surface area contributed by atoms with E-state index in [0.717, 1.165) is 55.7 Å². The van der Waals surface area contributed by atoms with E-state index in [1.807, 2.05) is 17.4 Å². The van der Waals surface area contributed by atoms with Gasteiger partial charge in [-0.2, -0.15) is 0 Å². The molecule has 258 valence electrons. The maximum Gasteiger partial charge on any atom is 0.136 e. The number of benzene rings is 9. The second kappa shape index (κ2) is 12.9. The van der Waals surface area contributed by atoms with Crippen molar-refractivity contribution in [1.82, 2.24) is 0 Å². The van der Waals surface area contributed by atoms with E-state index in [0.29, 0.717) is 0 Å². The fraction of sp³-hybridized carbons (Fsp3) is 0. The van der Waals surface area contributed by atoms with Gasteiger partial charge in [0.25, 0.3) is 0 Å². The van der Waals surface area contributed by atoms with Crippen LogP contribution in [0.3, 0.4) is 0 Å². The zero-order valence-electron chi connectivity index (χ0n) is 29.8. The molecule has 11 rings (SSSR count). The maximum atomic E-state index is 6.39. The summed E-state index contributed by atoms with van der Waals surface area (Å²) >= 11 is 1.86. The lowest BCUT2D eigenvalue weighted by atomic mass is 9.94. The van der Waals surface area contributed by atoms with Gasteiger partial charge in [0.1, 0.15) is 11.2 Å². The molecule has 0 saturated heterocycles. The SMILES string of the molecule is c1ccc(-c2cc(-c3cccc4oc5ccccc5c34)cc(N(c3ccc(-c4ccc5ccccc5c4)cc3)c3cccc4c3sc3ccccc34)c2)cc1. The van der Waals surface area contributed by atoms with Crippen LogP contribution in [0.1, 0.15) is 0 Å². The number of anilines is 3. The predicted molar refractivity (Wildman–Crippen MR) is 235 cm³/mol. The molecule has 0 atom stereocenters. The summed E-state index contributed by atoms with van der Waals surface area (Å²) in [5.41, 5.74) is 12.1. The van der Waals surface area contributed by atoms with Crippen molar-refractivity contribution in [3.8, 4) is 33.4 Å². The molecule has 2 aromatic heterocycles. The molecule has 0 radical (unpaired) electrons. The van der Waals surface area contributed by atoms with Crippen LogP contribution in [0.25, 0.3) is 86.3 Å². The Morgan fingerprint density at radius 3 is 1.95 bits per heavy atom. The Balaban J connectivity index is 1.16. The van der Waals surface area contributed by atoms with Crippen LogP contribution < -0.4 is 4.90 Å². The molecule has 0 amide bonds. The van der Waals surface area contributed by atoms with E-state index in [4.69, 9.17) is 4.42 Å². The summed E-state index contributed by atoms with van der Waals surface area (Å²) in [7, 11) is 0. The summed E-state index contributed by atoms with van der Waals surface area (Å²) in [6.45, 7) is 0. The molecule has 2 nitrogen and oxygen atoms in total. The molecule has 3 heteroatoms. The number of fused-ring (bicyclic) bond motifs is 7. The van der Waals surface area contributed by atoms with Crippen molar-refractivity contribution in [3.63, 3.8) is 0 Å². The molecular formula is C52H33NOS. The Labute approximate surface area is 322 Å². The lowest BCUT2D eigenvalue weighted by molar-refractivity contribution is 0.669. The minimum atomic E-state index is 0.890. The fourth-order valence-corrected chi connectivity index (χ4v) is 9.42. The number of rotatable bonds is 6. The molecular weight excluding hydrogens is 687 g/mol. The molecule has 0 aliphatic rings. The quantitative estimate of drug-likeness (QED) is 0.170. The Hall–Kier alpha value is -6.94. The summed E-state index contributed by atoms with van der Waals surface area (Å²) in [5.74, 6) is 0. The second-order valence-electron chi connectivity index (χ2n) is 14.1. The van der Waals surface area contributed by atoms with Crippen LogP contribution in [0.4, 0.5) is 17.1 Å². The van der Waals surface area contributed by atoms with E-state index in [-0.39, 0.29) is 0 Å². The molecule has 0 saturated carbocycles. The summed E-state index contributed by atoms with van der Waals surface area (Å²) < 4.78 is 8.93. The zero-order chi connectivity index (χ0) is 36.3. The van der Waals surface area contributed by atoms with Crippen LogP contribution in [0, 0.1) is 0 Å². The first-order valence-electron chi connectivity index (χ1n) is 18.7. The van der Waals surface area contributed by atoms with E-state index in [2.05, 4.69) is 199 Å². The van der Waals surface area contributed by atoms with Crippen molar-refractivity contribution in [2.24, 2.45) is 0 Å². The first-order valence-corrected chi connectivity index (χ1v) is 19.5. The summed E-state index contributed by atoms with van der Waals surface area (Å²) in [6, 6.07) is 72.3. The van der Waals surface area contributed by atoms with Gasteiger partial charge >= 0.3 is 0 Å². The predicted octanol–water partition coefficient (Wildman–Crippen LogP) is 15.6. The van der Waals surface area contributed by atoms with Crippen LogP contribution in [0.5, 0.6) is 0 Å². The smallest absolute Gasteiger partial charge is 0.136 e. The lowest BCUT2D eigenvalue weighted by Gasteiger charge is -2.27. The summed E-state index contributed by atoms with van der Waals surface area (Å²) in [5, 5.41) is 7.30. The zero-order valence-corrected chi connectivity index (χ0v) is 30.6. The van der Waals surface area contributed by atoms with Gasteiger partial charge in [-0.15, -0.1) is 11.3 Å². The number of nitrogens with zero attached hydrogens (tertiary/aromatic N) is 1. The third-order valence-corrected chi connectivity index (χ3v) is 12.0. The minimum absolute atomic E-state index is 0.890. The number of hydrogen-bond acceptors (Lipinski definition) is 3. The highest BCUT2D eigenvalue weighted by Crippen LogP contribution is 2.47. The molecule has 0 aliphatic carbocycles. The van der Waals surface area contributed by atoms with E-state index in [1.165, 1.54) is 47.6 Å². The van der Waals surface area contributed by atoms with Crippen molar-refractivity contribution >= 4 is 81.3 Å². The van der Waals surface area contributed by atoms with Gasteiger partial charge in [-0.05, 0) is 105 Å². The normalized spacial score (nSPS) is 11.6. The highest BCUT2D eigenvalue weighted by atomic mass is 32.1. The fourth-order valence-electron chi connectivity index (χ4n) is 8.22. The Morgan fingerprint density at radius 2 is 1.05 bits per heavy atom. The van der Waals surface area contributed by atoms with E-state index in [9.17, 15) is 0 Å². The molecule has 11 aromatic rings. The van der Waals surface area contributed by atoms with Gasteiger partial charge in [-0.25, -0.2) is 0 Å². The van der Waals surface area contributed by atoms with Gasteiger partial charge in [-0.3, -0.25) is 0 Å². The number of thiophene rings is 1. The van der Waals surface area contributed by atoms with Crippen LogP contribution >= 0.6 is 11.3 Å². The minimum Gasteiger partial charge on any atom is -0.456 e. The van der Waals surface area contributed by atoms with Crippen LogP contribution in [0.15, 0.2) is 205 Å². The molecule has 0 N–H and O–H groups in total. The van der Waals surface area contributed by atoms with E-state index < -0.39 is 0 Å². The molecule has 0 unspecified atom stereocenters. The third-order valence-electron chi connectivity index (χ3n) is 10.8. The molecule has 0 aliphatic heterocycles. The molecule has 9 aromatic carbocycles. The highest BCUT2D eigenvalue weighted by Gasteiger charge is 2.21. The summed E-state index contributed by atoms with van der Waals surface area (Å²) in [6.07, 6.45) is 0. The number of para-hydroxylation sites is 1. The Morgan fingerprint density at radius 1 is 0.382 bits per heavy atom. The number of furan rings is 1. The lowest BCUT2D eigenvalue weighted by Crippen LogP contribution is -2.10. The average molecular weight is 720 g/mol. The monoisotopic (exact) mass is 719 g/mol. The molecule has 0 bridgehead atoms. The van der Waals surface area contributed by atoms with Gasteiger partial charge < -0.3 is 9.32 Å². The van der Waals surface area contributed by atoms with Crippen LogP contribution in [-0.2, 0) is 0 Å². The molecule has 55 heavy (non-hydrogen) atoms. The molecule has 2 heterocycles. The van der Waals surface area contributed by atoms with Crippen molar-refractivity contribution in [3.05, 3.63) is 200 Å². The average Bonchev–Trinajstić information content (AvgIpc) is 3.83. The van der Waals surface area contributed by atoms with Crippen LogP contribution in [-0.4, -0.2) is 0 Å². The molecule has 0 spiro atoms. The van der Waals surface area contributed by atoms with Gasteiger partial charge in [0.05, 0.1) is 10.4 Å². The largest absolute Gasteiger partial charge is 0.456 e. The highest BCUT2D eigenvalue weighted by molar-refractivity contribution is 7.26. The molecule has 0 fully saturated rings. The maximum absolute atomic E-state index is 6.39. The van der Waals surface area contributed by atoms with E-state index >= 15 is 0 Å². The first kappa shape index (κ1) is 31.6. The number of hydrogen-bond donors (Lipinski definition) is 0. The van der Waals surface area contributed by atoms with Crippen molar-refractivity contribution < 1.29 is 4.42 Å². The van der Waals surface area contributed by atoms with Crippen molar-refractivity contribution in [1.29, 1.82) is 0 Å². The van der Waals surface area contributed by atoms with Gasteiger partial charge in [0.15, 0.2) is 0 Å². The van der Waals surface area contributed by atoms with Crippen molar-refractivity contribution in [2.75, 3.05) is 4.90 Å². The van der Waals surface area contributed by atoms with Crippen LogP contribution in [0.2, 0.25) is 0 Å². The Kier molecular flexibility index (Phi) is 7.39. The van der Waals surface area contributed by atoms with Crippen molar-refractivity contribution in [2.45, 2.75) is 0 Å². The second-order valence-corrected chi connectivity index (χ2v) is 15.2. The third kappa shape index (κ3) is 5.40. The Bertz CT molecular complexity index is 3210. The van der Waals surface area contributed by atoms with E-state index in [1.54, 1.807) is 0 Å². The summed E-state index contributed by atoms with van der Waals surface area (Å²) in [4.78, 5) is 2.45. The van der Waals surface area contributed by atoms with Gasteiger partial charge in [-0.1, -0.05) is 140 Å².